The van der Waals surface area contributed by atoms with Crippen LogP contribution in [-0.2, 0) is 16.1 Å². The third-order valence-electron chi connectivity index (χ3n) is 3.34. The number of hydrogen-bond acceptors (Lipinski definition) is 5. The van der Waals surface area contributed by atoms with Crippen molar-refractivity contribution in [3.8, 4) is 17.3 Å². The fourth-order valence-corrected chi connectivity index (χ4v) is 2.82. The highest BCUT2D eigenvalue weighted by atomic mass is 32.2. The van der Waals surface area contributed by atoms with Crippen molar-refractivity contribution in [2.45, 2.75) is 18.6 Å². The Labute approximate surface area is 135 Å². The summed E-state index contributed by atoms with van der Waals surface area (Å²) < 4.78 is 10.4. The van der Waals surface area contributed by atoms with Crippen LogP contribution in [0.1, 0.15) is 16.7 Å². The summed E-state index contributed by atoms with van der Waals surface area (Å²) in [4.78, 5) is 4.69. The van der Waals surface area contributed by atoms with Gasteiger partial charge in [0, 0.05) is 18.2 Å². The lowest BCUT2D eigenvalue weighted by Crippen LogP contribution is -2.06. The molecule has 4 nitrogen and oxygen atoms in total. The van der Waals surface area contributed by atoms with E-state index in [0.717, 1.165) is 27.4 Å². The van der Waals surface area contributed by atoms with Gasteiger partial charge in [-0.25, -0.2) is 4.98 Å². The number of methoxy groups -OCH3 is 1. The normalized spacial score (nSPS) is 10.5. The average molecular weight is 314 g/mol. The van der Waals surface area contributed by atoms with E-state index in [2.05, 4.69) is 6.07 Å². The summed E-state index contributed by atoms with van der Waals surface area (Å²) >= 11 is 1.48. The number of ether oxygens (including phenoxy) is 2. The first kappa shape index (κ1) is 16.5. The van der Waals surface area contributed by atoms with Gasteiger partial charge in [0.15, 0.2) is 0 Å². The highest BCUT2D eigenvalue weighted by molar-refractivity contribution is 7.98. The topological polar surface area (TPSA) is 55.1 Å². The van der Waals surface area contributed by atoms with E-state index < -0.39 is 0 Å². The molecule has 0 unspecified atom stereocenters. The van der Waals surface area contributed by atoms with E-state index in [-0.39, 0.29) is 6.79 Å². The predicted octanol–water partition coefficient (Wildman–Crippen LogP) is 3.77. The lowest BCUT2D eigenvalue weighted by molar-refractivity contribution is -0.0391. The molecule has 2 aromatic rings. The predicted molar refractivity (Wildman–Crippen MR) is 87.6 cm³/mol. The number of thioether (sulfide) groups is 1. The summed E-state index contributed by atoms with van der Waals surface area (Å²) in [5.41, 5.74) is 4.33. The van der Waals surface area contributed by atoms with Crippen molar-refractivity contribution < 1.29 is 9.47 Å². The van der Waals surface area contributed by atoms with E-state index in [9.17, 15) is 5.26 Å². The molecule has 0 aliphatic rings. The van der Waals surface area contributed by atoms with Crippen molar-refractivity contribution in [2.75, 3.05) is 20.2 Å². The molecule has 0 N–H and O–H groups in total. The molecule has 2 rings (SSSR count). The van der Waals surface area contributed by atoms with Crippen molar-refractivity contribution in [3.05, 3.63) is 47.0 Å². The summed E-state index contributed by atoms with van der Waals surface area (Å²) in [6.45, 7) is 2.51. The van der Waals surface area contributed by atoms with Crippen LogP contribution in [0.4, 0.5) is 0 Å². The molecule has 1 aromatic carbocycles. The van der Waals surface area contributed by atoms with Crippen LogP contribution in [0.25, 0.3) is 11.3 Å². The lowest BCUT2D eigenvalue weighted by atomic mass is 9.99. The quantitative estimate of drug-likeness (QED) is 0.461. The van der Waals surface area contributed by atoms with Gasteiger partial charge in [-0.2, -0.15) is 5.26 Å². The minimum absolute atomic E-state index is 0.208. The molecule has 0 radical (unpaired) electrons. The Morgan fingerprint density at radius 3 is 2.59 bits per heavy atom. The largest absolute Gasteiger partial charge is 0.359 e. The third kappa shape index (κ3) is 3.47. The molecule has 0 atom stereocenters. The number of pyridine rings is 1. The van der Waals surface area contributed by atoms with E-state index in [1.54, 1.807) is 7.11 Å². The molecule has 0 aliphatic carbocycles. The summed E-state index contributed by atoms with van der Waals surface area (Å²) in [6.07, 6.45) is 1.93. The first-order valence-corrected chi connectivity index (χ1v) is 8.05. The SMILES string of the molecule is COCOCc1c(-c2ccccc2)nc(SC)c(C#N)c1C. The van der Waals surface area contributed by atoms with Crippen LogP contribution in [0.15, 0.2) is 35.4 Å². The van der Waals surface area contributed by atoms with Gasteiger partial charge in [0.25, 0.3) is 0 Å². The minimum Gasteiger partial charge on any atom is -0.359 e. The molecule has 0 aliphatic heterocycles. The van der Waals surface area contributed by atoms with Crippen molar-refractivity contribution >= 4 is 11.8 Å². The fourth-order valence-electron chi connectivity index (χ4n) is 2.23. The number of rotatable bonds is 6. The summed E-state index contributed by atoms with van der Waals surface area (Å²) in [5, 5.41) is 10.2. The fraction of sp³-hybridized carbons (Fsp3) is 0.294. The van der Waals surface area contributed by atoms with Gasteiger partial charge in [0.1, 0.15) is 17.9 Å². The Morgan fingerprint density at radius 1 is 1.27 bits per heavy atom. The standard InChI is InChI=1S/C17H18N2O2S/c1-12-14(9-18)17(22-3)19-16(13-7-5-4-6-8-13)15(12)10-21-11-20-2/h4-8H,10-11H2,1-3H3. The molecule has 1 aromatic heterocycles. The molecule has 5 heteroatoms. The summed E-state index contributed by atoms with van der Waals surface area (Å²) in [5.74, 6) is 0. The average Bonchev–Trinajstić information content (AvgIpc) is 2.56. The van der Waals surface area contributed by atoms with Gasteiger partial charge in [0.05, 0.1) is 17.9 Å². The van der Waals surface area contributed by atoms with Gasteiger partial charge in [-0.15, -0.1) is 11.8 Å². The molecule has 0 spiro atoms. The Kier molecular flexibility index (Phi) is 5.96. The van der Waals surface area contributed by atoms with Gasteiger partial charge in [-0.3, -0.25) is 0 Å². The zero-order valence-electron chi connectivity index (χ0n) is 12.9. The zero-order valence-corrected chi connectivity index (χ0v) is 13.7. The van der Waals surface area contributed by atoms with Crippen molar-refractivity contribution in [1.29, 1.82) is 5.26 Å². The van der Waals surface area contributed by atoms with Crippen LogP contribution in [0, 0.1) is 18.3 Å². The molecular weight excluding hydrogens is 296 g/mol. The van der Waals surface area contributed by atoms with Crippen molar-refractivity contribution in [1.82, 2.24) is 4.98 Å². The van der Waals surface area contributed by atoms with E-state index in [4.69, 9.17) is 14.5 Å². The van der Waals surface area contributed by atoms with Gasteiger partial charge in [0.2, 0.25) is 0 Å². The van der Waals surface area contributed by atoms with Crippen LogP contribution in [0.5, 0.6) is 0 Å². The van der Waals surface area contributed by atoms with E-state index >= 15 is 0 Å². The number of hydrogen-bond donors (Lipinski definition) is 0. The number of aromatic nitrogens is 1. The Balaban J connectivity index is 2.59. The second kappa shape index (κ2) is 7.95. The third-order valence-corrected chi connectivity index (χ3v) is 4.02. The van der Waals surface area contributed by atoms with E-state index in [1.165, 1.54) is 11.8 Å². The van der Waals surface area contributed by atoms with Crippen LogP contribution >= 0.6 is 11.8 Å². The maximum Gasteiger partial charge on any atom is 0.146 e. The van der Waals surface area contributed by atoms with Gasteiger partial charge in [-0.1, -0.05) is 30.3 Å². The highest BCUT2D eigenvalue weighted by Gasteiger charge is 2.17. The second-order valence-corrected chi connectivity index (χ2v) is 5.48. The molecule has 0 amide bonds. The van der Waals surface area contributed by atoms with Gasteiger partial charge >= 0.3 is 0 Å². The Morgan fingerprint density at radius 2 is 2.00 bits per heavy atom. The first-order chi connectivity index (χ1) is 10.7. The molecule has 114 valence electrons. The lowest BCUT2D eigenvalue weighted by Gasteiger charge is -2.16. The highest BCUT2D eigenvalue weighted by Crippen LogP contribution is 2.31. The molecule has 0 bridgehead atoms. The van der Waals surface area contributed by atoms with E-state index in [0.29, 0.717) is 12.2 Å². The number of nitriles is 1. The number of nitrogens with zero attached hydrogens (tertiary/aromatic N) is 2. The molecule has 0 fully saturated rings. The molecule has 22 heavy (non-hydrogen) atoms. The molecule has 1 heterocycles. The van der Waals surface area contributed by atoms with Crippen molar-refractivity contribution in [3.63, 3.8) is 0 Å². The van der Waals surface area contributed by atoms with Gasteiger partial charge < -0.3 is 9.47 Å². The number of benzene rings is 1. The smallest absolute Gasteiger partial charge is 0.146 e. The Bertz CT molecular complexity index is 681. The monoisotopic (exact) mass is 314 g/mol. The molecule has 0 saturated heterocycles. The second-order valence-electron chi connectivity index (χ2n) is 4.68. The van der Waals surface area contributed by atoms with Crippen LogP contribution in [-0.4, -0.2) is 25.1 Å². The minimum atomic E-state index is 0.208. The van der Waals surface area contributed by atoms with Gasteiger partial charge in [-0.05, 0) is 18.7 Å². The van der Waals surface area contributed by atoms with Crippen LogP contribution < -0.4 is 0 Å². The maximum atomic E-state index is 9.42. The van der Waals surface area contributed by atoms with Crippen LogP contribution in [0.3, 0.4) is 0 Å². The van der Waals surface area contributed by atoms with Crippen LogP contribution in [0.2, 0.25) is 0 Å². The first-order valence-electron chi connectivity index (χ1n) is 6.82. The molecule has 0 saturated carbocycles. The summed E-state index contributed by atoms with van der Waals surface area (Å²) in [6, 6.07) is 12.2. The van der Waals surface area contributed by atoms with E-state index in [1.807, 2.05) is 43.5 Å². The zero-order chi connectivity index (χ0) is 15.9. The van der Waals surface area contributed by atoms with Crippen molar-refractivity contribution in [2.24, 2.45) is 0 Å². The maximum absolute atomic E-state index is 9.42. The molecular formula is C17H18N2O2S. The Hall–Kier alpha value is -1.87. The summed E-state index contributed by atoms with van der Waals surface area (Å²) in [7, 11) is 1.58.